The van der Waals surface area contributed by atoms with Gasteiger partial charge in [-0.05, 0) is 24.6 Å². The maximum Gasteiger partial charge on any atom is 0.264 e. The van der Waals surface area contributed by atoms with Gasteiger partial charge < -0.3 is 10.1 Å². The number of amides is 3. The molecule has 7 heteroatoms. The molecule has 0 aliphatic heterocycles. The zero-order valence-corrected chi connectivity index (χ0v) is 11.4. The molecule has 0 bridgehead atoms. The number of aryl methyl sites for hydroxylation is 1. The molecule has 1 aromatic rings. The van der Waals surface area contributed by atoms with Crippen molar-refractivity contribution in [2.75, 3.05) is 18.5 Å². The van der Waals surface area contributed by atoms with Crippen molar-refractivity contribution in [2.24, 2.45) is 0 Å². The normalized spacial score (nSPS) is 9.70. The van der Waals surface area contributed by atoms with Crippen LogP contribution >= 0.6 is 0 Å². The summed E-state index contributed by atoms with van der Waals surface area (Å²) in [5.41, 5.74) is 5.92. The second kappa shape index (κ2) is 7.90. The minimum absolute atomic E-state index is 0.249. The molecule has 0 unspecified atom stereocenters. The molecule has 0 radical (unpaired) electrons. The molecule has 20 heavy (non-hydrogen) atoms. The first-order chi connectivity index (χ1) is 9.47. The molecule has 1 rings (SSSR count). The fraction of sp³-hybridized carbons (Fsp3) is 0.308. The fourth-order valence-electron chi connectivity index (χ4n) is 1.35. The number of carbonyl (C=O) groups excluding carboxylic acids is 3. The van der Waals surface area contributed by atoms with E-state index in [4.69, 9.17) is 4.74 Å². The van der Waals surface area contributed by atoms with Crippen LogP contribution in [0.3, 0.4) is 0 Å². The Kier molecular flexibility index (Phi) is 6.18. The van der Waals surface area contributed by atoms with Crippen molar-refractivity contribution in [3.05, 3.63) is 29.8 Å². The number of nitrogens with one attached hydrogen (secondary N) is 3. The van der Waals surface area contributed by atoms with Crippen LogP contribution in [0.2, 0.25) is 0 Å². The van der Waals surface area contributed by atoms with Crippen LogP contribution in [0.4, 0.5) is 5.69 Å². The van der Waals surface area contributed by atoms with E-state index in [9.17, 15) is 14.4 Å². The van der Waals surface area contributed by atoms with Crippen LogP contribution < -0.4 is 16.2 Å². The second-order valence-electron chi connectivity index (χ2n) is 4.14. The lowest BCUT2D eigenvalue weighted by atomic mass is 10.2. The van der Waals surface area contributed by atoms with Crippen LogP contribution in [-0.2, 0) is 19.1 Å². The van der Waals surface area contributed by atoms with Crippen molar-refractivity contribution >= 4 is 23.4 Å². The first-order valence-electron chi connectivity index (χ1n) is 5.97. The first-order valence-corrected chi connectivity index (χ1v) is 5.97. The molecule has 7 nitrogen and oxygen atoms in total. The molecule has 0 spiro atoms. The van der Waals surface area contributed by atoms with Gasteiger partial charge >= 0.3 is 0 Å². The van der Waals surface area contributed by atoms with E-state index in [1.165, 1.54) is 6.92 Å². The van der Waals surface area contributed by atoms with E-state index in [1.807, 2.05) is 25.1 Å². The summed E-state index contributed by atoms with van der Waals surface area (Å²) in [6.07, 6.45) is 0. The van der Waals surface area contributed by atoms with Gasteiger partial charge in [-0.25, -0.2) is 0 Å². The van der Waals surface area contributed by atoms with Gasteiger partial charge in [0.1, 0.15) is 13.2 Å². The molecular weight excluding hydrogens is 262 g/mol. The van der Waals surface area contributed by atoms with Crippen molar-refractivity contribution < 1.29 is 19.1 Å². The minimum Gasteiger partial charge on any atom is -0.362 e. The van der Waals surface area contributed by atoms with Crippen LogP contribution in [0.25, 0.3) is 0 Å². The standard InChI is InChI=1S/C13H17N3O4/c1-9-4-3-5-11(6-9)14-12(18)7-20-8-13(19)16-15-10(2)17/h3-6H,7-8H2,1-2H3,(H,14,18)(H,15,17)(H,16,19). The molecule has 0 aliphatic carbocycles. The molecule has 0 atom stereocenters. The van der Waals surface area contributed by atoms with Gasteiger partial charge in [0.25, 0.3) is 5.91 Å². The highest BCUT2D eigenvalue weighted by Gasteiger charge is 2.06. The lowest BCUT2D eigenvalue weighted by Crippen LogP contribution is -2.42. The highest BCUT2D eigenvalue weighted by atomic mass is 16.5. The lowest BCUT2D eigenvalue weighted by Gasteiger charge is -2.07. The number of hydrogen-bond acceptors (Lipinski definition) is 4. The smallest absolute Gasteiger partial charge is 0.264 e. The van der Waals surface area contributed by atoms with E-state index in [0.29, 0.717) is 5.69 Å². The third-order valence-corrected chi connectivity index (χ3v) is 2.15. The van der Waals surface area contributed by atoms with E-state index in [-0.39, 0.29) is 19.1 Å². The molecule has 0 saturated carbocycles. The summed E-state index contributed by atoms with van der Waals surface area (Å²) in [6.45, 7) is 2.61. The minimum atomic E-state index is -0.538. The van der Waals surface area contributed by atoms with E-state index >= 15 is 0 Å². The Labute approximate surface area is 116 Å². The lowest BCUT2D eigenvalue weighted by molar-refractivity contribution is -0.132. The molecule has 0 aliphatic rings. The zero-order chi connectivity index (χ0) is 15.0. The molecule has 0 aromatic heterocycles. The topological polar surface area (TPSA) is 96.5 Å². The Morgan fingerprint density at radius 1 is 1.10 bits per heavy atom. The number of ether oxygens (including phenoxy) is 1. The van der Waals surface area contributed by atoms with Gasteiger partial charge in [-0.3, -0.25) is 25.2 Å². The largest absolute Gasteiger partial charge is 0.362 e. The second-order valence-corrected chi connectivity index (χ2v) is 4.14. The Morgan fingerprint density at radius 2 is 1.80 bits per heavy atom. The number of hydrogen-bond donors (Lipinski definition) is 3. The van der Waals surface area contributed by atoms with Gasteiger partial charge in [-0.2, -0.15) is 0 Å². The maximum atomic E-state index is 11.5. The Balaban J connectivity index is 2.23. The van der Waals surface area contributed by atoms with Crippen molar-refractivity contribution in [1.82, 2.24) is 10.9 Å². The number of anilines is 1. The van der Waals surface area contributed by atoms with Crippen molar-refractivity contribution in [2.45, 2.75) is 13.8 Å². The number of rotatable bonds is 5. The Hall–Kier alpha value is -2.41. The average molecular weight is 279 g/mol. The van der Waals surface area contributed by atoms with E-state index < -0.39 is 11.8 Å². The van der Waals surface area contributed by atoms with Gasteiger partial charge in [-0.1, -0.05) is 12.1 Å². The zero-order valence-electron chi connectivity index (χ0n) is 11.4. The summed E-state index contributed by atoms with van der Waals surface area (Å²) in [6, 6.07) is 7.32. The van der Waals surface area contributed by atoms with Crippen LogP contribution in [0, 0.1) is 6.92 Å². The summed E-state index contributed by atoms with van der Waals surface area (Å²) in [5.74, 6) is -1.29. The monoisotopic (exact) mass is 279 g/mol. The number of carbonyl (C=O) groups is 3. The number of benzene rings is 1. The molecule has 3 amide bonds. The molecular formula is C13H17N3O4. The van der Waals surface area contributed by atoms with Crippen LogP contribution in [0.15, 0.2) is 24.3 Å². The SMILES string of the molecule is CC(=O)NNC(=O)COCC(=O)Nc1cccc(C)c1. The predicted molar refractivity (Wildman–Crippen MR) is 72.6 cm³/mol. The van der Waals surface area contributed by atoms with Crippen molar-refractivity contribution in [3.8, 4) is 0 Å². The quantitative estimate of drug-likeness (QED) is 0.667. The van der Waals surface area contributed by atoms with Crippen molar-refractivity contribution in [1.29, 1.82) is 0 Å². The molecule has 1 aromatic carbocycles. The molecule has 108 valence electrons. The van der Waals surface area contributed by atoms with Crippen LogP contribution in [-0.4, -0.2) is 30.9 Å². The molecule has 3 N–H and O–H groups in total. The molecule has 0 heterocycles. The third-order valence-electron chi connectivity index (χ3n) is 2.15. The van der Waals surface area contributed by atoms with Gasteiger partial charge in [0.05, 0.1) is 0 Å². The fourth-order valence-corrected chi connectivity index (χ4v) is 1.35. The molecule has 0 fully saturated rings. The first kappa shape index (κ1) is 15.6. The van der Waals surface area contributed by atoms with Gasteiger partial charge in [0, 0.05) is 12.6 Å². The summed E-state index contributed by atoms with van der Waals surface area (Å²) >= 11 is 0. The summed E-state index contributed by atoms with van der Waals surface area (Å²) < 4.78 is 4.92. The van der Waals surface area contributed by atoms with Gasteiger partial charge in [0.15, 0.2) is 0 Å². The van der Waals surface area contributed by atoms with E-state index in [2.05, 4.69) is 16.2 Å². The highest BCUT2D eigenvalue weighted by molar-refractivity contribution is 5.92. The summed E-state index contributed by atoms with van der Waals surface area (Å²) in [5, 5.41) is 2.64. The number of hydrazine groups is 1. The highest BCUT2D eigenvalue weighted by Crippen LogP contribution is 2.08. The van der Waals surface area contributed by atoms with Crippen LogP contribution in [0.1, 0.15) is 12.5 Å². The summed E-state index contributed by atoms with van der Waals surface area (Å²) in [7, 11) is 0. The van der Waals surface area contributed by atoms with E-state index in [0.717, 1.165) is 5.56 Å². The Morgan fingerprint density at radius 3 is 2.45 bits per heavy atom. The average Bonchev–Trinajstić information content (AvgIpc) is 2.36. The third kappa shape index (κ3) is 6.50. The van der Waals surface area contributed by atoms with Crippen LogP contribution in [0.5, 0.6) is 0 Å². The summed E-state index contributed by atoms with van der Waals surface area (Å²) in [4.78, 5) is 33.2. The Bertz CT molecular complexity index is 502. The maximum absolute atomic E-state index is 11.5. The van der Waals surface area contributed by atoms with Gasteiger partial charge in [0.2, 0.25) is 11.8 Å². The van der Waals surface area contributed by atoms with Gasteiger partial charge in [-0.15, -0.1) is 0 Å². The van der Waals surface area contributed by atoms with Crippen molar-refractivity contribution in [3.63, 3.8) is 0 Å². The molecule has 0 saturated heterocycles. The van der Waals surface area contributed by atoms with E-state index in [1.54, 1.807) is 6.07 Å². The predicted octanol–water partition coefficient (Wildman–Crippen LogP) is 0.117.